The summed E-state index contributed by atoms with van der Waals surface area (Å²) in [6, 6.07) is 3.31. The first-order chi connectivity index (χ1) is 17.8. The molecule has 2 fully saturated rings. The number of carbonyl (C=O) groups is 3. The van der Waals surface area contributed by atoms with E-state index in [0.717, 1.165) is 30.1 Å². The van der Waals surface area contributed by atoms with Crippen molar-refractivity contribution >= 4 is 39.1 Å². The van der Waals surface area contributed by atoms with Gasteiger partial charge in [-0.3, -0.25) is 14.6 Å². The zero-order valence-corrected chi connectivity index (χ0v) is 21.4. The molecule has 0 spiro atoms. The lowest BCUT2D eigenvalue weighted by atomic mass is 9.96. The van der Waals surface area contributed by atoms with Gasteiger partial charge in [0.1, 0.15) is 6.04 Å². The number of halogens is 3. The van der Waals surface area contributed by atoms with E-state index < -0.39 is 38.2 Å². The third kappa shape index (κ3) is 5.23. The fourth-order valence-corrected chi connectivity index (χ4v) is 5.18. The molecule has 2 aromatic rings. The lowest BCUT2D eigenvalue weighted by Gasteiger charge is -2.28. The Morgan fingerprint density at radius 2 is 1.74 bits per heavy atom. The fraction of sp³-hybridized carbons (Fsp3) is 0.417. The van der Waals surface area contributed by atoms with E-state index in [1.54, 1.807) is 6.07 Å². The molecule has 2 saturated heterocycles. The number of amides is 4. The van der Waals surface area contributed by atoms with Gasteiger partial charge in [-0.1, -0.05) is 0 Å². The average molecular weight is 554 g/mol. The molecule has 0 radical (unpaired) electrons. The number of sulfone groups is 1. The molecule has 0 bridgehead atoms. The smallest absolute Gasteiger partial charge is 0.324 e. The number of hydrogen-bond acceptors (Lipinski definition) is 7. The normalized spacial score (nSPS) is 19.8. The van der Waals surface area contributed by atoms with Crippen molar-refractivity contribution in [1.82, 2.24) is 14.8 Å². The van der Waals surface area contributed by atoms with E-state index in [4.69, 9.17) is 0 Å². The maximum Gasteiger partial charge on any atom is 0.501 e. The number of piperidine rings is 1. The van der Waals surface area contributed by atoms with Crippen LogP contribution in [0.5, 0.6) is 0 Å². The van der Waals surface area contributed by atoms with Crippen LogP contribution in [0.25, 0.3) is 0 Å². The molecule has 1 aromatic heterocycles. The minimum Gasteiger partial charge on any atom is -0.324 e. The quantitative estimate of drug-likeness (QED) is 0.546. The van der Waals surface area contributed by atoms with E-state index >= 15 is 0 Å². The van der Waals surface area contributed by atoms with Gasteiger partial charge in [0.25, 0.3) is 15.7 Å². The lowest BCUT2D eigenvalue weighted by Crippen LogP contribution is -2.36. The van der Waals surface area contributed by atoms with Crippen LogP contribution in [0.15, 0.2) is 47.6 Å². The number of urea groups is 1. The Labute approximate surface area is 217 Å². The molecule has 4 amide bonds. The van der Waals surface area contributed by atoms with Crippen LogP contribution in [0.4, 0.5) is 29.3 Å². The Balaban J connectivity index is 1.52. The third-order valence-corrected chi connectivity index (χ3v) is 8.29. The molecule has 1 unspecified atom stereocenters. The molecular formula is C24H26F3N5O5S. The van der Waals surface area contributed by atoms with E-state index in [1.807, 2.05) is 7.05 Å². The monoisotopic (exact) mass is 553 g/mol. The van der Waals surface area contributed by atoms with E-state index in [-0.39, 0.29) is 24.1 Å². The lowest BCUT2D eigenvalue weighted by molar-refractivity contribution is -0.121. The first-order valence-corrected chi connectivity index (χ1v) is 13.3. The SMILES string of the molecule is CC1C(=O)N(c2ccc(S(=O)(=O)C(F)(F)F)cc2)C(=O)N1Cc1ccncc1NC(=O)C1CCN(C)CC1. The van der Waals surface area contributed by atoms with Crippen molar-refractivity contribution < 1.29 is 36.0 Å². The predicted octanol–water partition coefficient (Wildman–Crippen LogP) is 3.01. The highest BCUT2D eigenvalue weighted by Gasteiger charge is 2.47. The number of pyridine rings is 1. The Morgan fingerprint density at radius 3 is 2.34 bits per heavy atom. The zero-order chi connectivity index (χ0) is 27.8. The molecule has 0 saturated carbocycles. The summed E-state index contributed by atoms with van der Waals surface area (Å²) in [5, 5.41) is 2.88. The number of imide groups is 1. The second-order valence-corrected chi connectivity index (χ2v) is 11.2. The highest BCUT2D eigenvalue weighted by Crippen LogP contribution is 2.33. The van der Waals surface area contributed by atoms with Gasteiger partial charge in [0, 0.05) is 12.1 Å². The summed E-state index contributed by atoms with van der Waals surface area (Å²) in [7, 11) is -3.58. The minimum atomic E-state index is -5.57. The van der Waals surface area contributed by atoms with E-state index in [1.165, 1.54) is 24.2 Å². The number of hydrogen-bond donors (Lipinski definition) is 1. The molecule has 3 heterocycles. The Morgan fingerprint density at radius 1 is 1.11 bits per heavy atom. The van der Waals surface area contributed by atoms with Gasteiger partial charge in [-0.05, 0) is 75.8 Å². The molecule has 4 rings (SSSR count). The van der Waals surface area contributed by atoms with Crippen molar-refractivity contribution in [2.75, 3.05) is 30.4 Å². The molecular weight excluding hydrogens is 527 g/mol. The number of benzene rings is 1. The topological polar surface area (TPSA) is 120 Å². The van der Waals surface area contributed by atoms with Crippen molar-refractivity contribution in [3.05, 3.63) is 48.3 Å². The van der Waals surface area contributed by atoms with E-state index in [9.17, 15) is 36.0 Å². The Bertz CT molecular complexity index is 1340. The number of anilines is 2. The maximum absolute atomic E-state index is 13.2. The van der Waals surface area contributed by atoms with Gasteiger partial charge in [0.2, 0.25) is 5.91 Å². The van der Waals surface area contributed by atoms with Crippen LogP contribution in [-0.2, 0) is 26.0 Å². The second-order valence-electron chi connectivity index (χ2n) is 9.30. The number of nitrogens with zero attached hydrogens (tertiary/aromatic N) is 4. The summed E-state index contributed by atoms with van der Waals surface area (Å²) < 4.78 is 61.8. The maximum atomic E-state index is 13.2. The van der Waals surface area contributed by atoms with Crippen LogP contribution in [0, 0.1) is 5.92 Å². The van der Waals surface area contributed by atoms with Gasteiger partial charge < -0.3 is 15.1 Å². The van der Waals surface area contributed by atoms with Crippen molar-refractivity contribution in [2.24, 2.45) is 5.92 Å². The van der Waals surface area contributed by atoms with Gasteiger partial charge in [-0.25, -0.2) is 18.1 Å². The van der Waals surface area contributed by atoms with Crippen LogP contribution in [0.1, 0.15) is 25.3 Å². The van der Waals surface area contributed by atoms with Crippen molar-refractivity contribution in [2.45, 2.75) is 42.8 Å². The first kappa shape index (κ1) is 27.5. The second kappa shape index (κ2) is 10.3. The van der Waals surface area contributed by atoms with E-state index in [2.05, 4.69) is 15.2 Å². The highest BCUT2D eigenvalue weighted by molar-refractivity contribution is 7.92. The van der Waals surface area contributed by atoms with Gasteiger partial charge in [-0.15, -0.1) is 0 Å². The summed E-state index contributed by atoms with van der Waals surface area (Å²) in [5.41, 5.74) is -4.60. The molecule has 2 aliphatic heterocycles. The number of alkyl halides is 3. The van der Waals surface area contributed by atoms with Crippen LogP contribution >= 0.6 is 0 Å². The van der Waals surface area contributed by atoms with Crippen LogP contribution in [-0.4, -0.2) is 72.7 Å². The molecule has 1 atom stereocenters. The minimum absolute atomic E-state index is 0.0473. The van der Waals surface area contributed by atoms with Crippen LogP contribution in [0.2, 0.25) is 0 Å². The largest absolute Gasteiger partial charge is 0.501 e. The Kier molecular flexibility index (Phi) is 7.48. The number of nitrogens with one attached hydrogen (secondary N) is 1. The van der Waals surface area contributed by atoms with Crippen molar-refractivity contribution in [3.63, 3.8) is 0 Å². The molecule has 0 aliphatic carbocycles. The summed E-state index contributed by atoms with van der Waals surface area (Å²) in [6.45, 7) is 3.06. The molecule has 38 heavy (non-hydrogen) atoms. The third-order valence-electron chi connectivity index (χ3n) is 6.79. The summed E-state index contributed by atoms with van der Waals surface area (Å²) in [6.07, 6.45) is 4.39. The van der Waals surface area contributed by atoms with Crippen LogP contribution < -0.4 is 10.2 Å². The zero-order valence-electron chi connectivity index (χ0n) is 20.6. The summed E-state index contributed by atoms with van der Waals surface area (Å²) >= 11 is 0. The summed E-state index contributed by atoms with van der Waals surface area (Å²) in [4.78, 5) is 46.2. The molecule has 1 aromatic carbocycles. The van der Waals surface area contributed by atoms with Gasteiger partial charge >= 0.3 is 11.5 Å². The molecule has 10 nitrogen and oxygen atoms in total. The standard InChI is InChI=1S/C24H26F3N5O5S/c1-15-22(34)32(18-3-5-19(6-4-18)38(36,37)24(25,26)27)23(35)31(15)14-17-7-10-28-13-20(17)29-21(33)16-8-11-30(2)12-9-16/h3-7,10,13,15-16H,8-9,11-12,14H2,1-2H3,(H,29,33). The van der Waals surface area contributed by atoms with E-state index in [0.29, 0.717) is 36.2 Å². The van der Waals surface area contributed by atoms with Crippen molar-refractivity contribution in [1.29, 1.82) is 0 Å². The highest BCUT2D eigenvalue weighted by atomic mass is 32.2. The molecule has 204 valence electrons. The average Bonchev–Trinajstić information content (AvgIpc) is 3.08. The number of likely N-dealkylation sites (tertiary alicyclic amines) is 1. The number of carbonyl (C=O) groups excluding carboxylic acids is 3. The molecule has 14 heteroatoms. The number of aromatic nitrogens is 1. The predicted molar refractivity (Wildman–Crippen MR) is 131 cm³/mol. The molecule has 2 aliphatic rings. The number of rotatable bonds is 6. The molecule has 1 N–H and O–H groups in total. The van der Waals surface area contributed by atoms with Crippen LogP contribution in [0.3, 0.4) is 0 Å². The van der Waals surface area contributed by atoms with Gasteiger partial charge in [0.05, 0.1) is 29.0 Å². The van der Waals surface area contributed by atoms with Crippen molar-refractivity contribution in [3.8, 4) is 0 Å². The van der Waals surface area contributed by atoms with Gasteiger partial charge in [-0.2, -0.15) is 13.2 Å². The summed E-state index contributed by atoms with van der Waals surface area (Å²) in [5.74, 6) is -0.944. The van der Waals surface area contributed by atoms with Gasteiger partial charge in [0.15, 0.2) is 0 Å². The first-order valence-electron chi connectivity index (χ1n) is 11.8. The fourth-order valence-electron chi connectivity index (χ4n) is 4.42. The Hall–Kier alpha value is -3.52.